The van der Waals surface area contributed by atoms with Gasteiger partial charge in [-0.25, -0.2) is 4.39 Å². The van der Waals surface area contributed by atoms with E-state index in [-0.39, 0.29) is 5.82 Å². The molecule has 1 saturated heterocycles. The summed E-state index contributed by atoms with van der Waals surface area (Å²) in [5.74, 6) is -0.270. The lowest BCUT2D eigenvalue weighted by Gasteiger charge is -2.21. The van der Waals surface area contributed by atoms with Gasteiger partial charge >= 0.3 is 0 Å². The van der Waals surface area contributed by atoms with Crippen LogP contribution in [0.4, 0.5) is 4.39 Å². The second-order valence-electron chi connectivity index (χ2n) is 4.90. The molecule has 1 aliphatic heterocycles. The Morgan fingerprint density at radius 2 is 1.89 bits per heavy atom. The van der Waals surface area contributed by atoms with Crippen LogP contribution in [0.1, 0.15) is 12.0 Å². The minimum absolute atomic E-state index is 0.270. The van der Waals surface area contributed by atoms with Crippen LogP contribution in [0.2, 0.25) is 5.02 Å². The first-order valence-electron chi connectivity index (χ1n) is 6.63. The molecule has 0 bridgehead atoms. The van der Waals surface area contributed by atoms with E-state index in [2.05, 4.69) is 25.7 Å². The molecule has 0 N–H and O–H groups in total. The van der Waals surface area contributed by atoms with Gasteiger partial charge in [-0.15, -0.1) is 0 Å². The lowest BCUT2D eigenvalue weighted by atomic mass is 10.2. The summed E-state index contributed by atoms with van der Waals surface area (Å²) in [5, 5.41) is 1.55. The molecule has 106 valence electrons. The molecular formula is C14H19BrClFN2. The molecule has 1 fully saturated rings. The minimum atomic E-state index is -0.270. The standard InChI is InChI=1S/C14H19BrClFN2/c15-4-7-18-5-1-6-19(9-8-18)11-12-2-3-13(17)10-14(12)16/h2-3,10H,1,4-9,11H2. The number of hydrogen-bond acceptors (Lipinski definition) is 2. The average Bonchev–Trinajstić information content (AvgIpc) is 2.59. The first kappa shape index (κ1) is 15.2. The molecule has 0 aromatic heterocycles. The quantitative estimate of drug-likeness (QED) is 0.769. The minimum Gasteiger partial charge on any atom is -0.301 e. The van der Waals surface area contributed by atoms with Crippen LogP contribution in [-0.2, 0) is 6.54 Å². The third-order valence-electron chi connectivity index (χ3n) is 3.49. The highest BCUT2D eigenvalue weighted by Crippen LogP contribution is 2.19. The maximum absolute atomic E-state index is 13.0. The summed E-state index contributed by atoms with van der Waals surface area (Å²) < 4.78 is 13.0. The van der Waals surface area contributed by atoms with Gasteiger partial charge in [-0.1, -0.05) is 33.6 Å². The van der Waals surface area contributed by atoms with Crippen molar-refractivity contribution in [1.29, 1.82) is 0 Å². The van der Waals surface area contributed by atoms with E-state index >= 15 is 0 Å². The Kier molecular flexibility index (Phi) is 6.07. The highest BCUT2D eigenvalue weighted by molar-refractivity contribution is 9.09. The van der Waals surface area contributed by atoms with E-state index in [0.717, 1.165) is 50.2 Å². The Balaban J connectivity index is 1.92. The number of rotatable bonds is 4. The monoisotopic (exact) mass is 348 g/mol. The average molecular weight is 350 g/mol. The Hall–Kier alpha value is -0.160. The first-order chi connectivity index (χ1) is 9.19. The lowest BCUT2D eigenvalue weighted by Crippen LogP contribution is -2.31. The summed E-state index contributed by atoms with van der Waals surface area (Å²) in [4.78, 5) is 4.87. The summed E-state index contributed by atoms with van der Waals surface area (Å²) in [6, 6.07) is 4.67. The molecule has 2 rings (SSSR count). The molecule has 1 heterocycles. The number of hydrogen-bond donors (Lipinski definition) is 0. The van der Waals surface area contributed by atoms with E-state index in [4.69, 9.17) is 11.6 Å². The predicted octanol–water partition coefficient (Wildman–Crippen LogP) is 3.38. The van der Waals surface area contributed by atoms with Crippen molar-refractivity contribution in [2.75, 3.05) is 38.1 Å². The smallest absolute Gasteiger partial charge is 0.124 e. The molecule has 0 aliphatic carbocycles. The van der Waals surface area contributed by atoms with Crippen LogP contribution in [0.15, 0.2) is 18.2 Å². The molecule has 2 nitrogen and oxygen atoms in total. The fraction of sp³-hybridized carbons (Fsp3) is 0.571. The third kappa shape index (κ3) is 4.71. The van der Waals surface area contributed by atoms with Gasteiger partial charge in [-0.2, -0.15) is 0 Å². The van der Waals surface area contributed by atoms with Gasteiger partial charge in [0.05, 0.1) is 0 Å². The summed E-state index contributed by atoms with van der Waals surface area (Å²) in [6.07, 6.45) is 1.17. The van der Waals surface area contributed by atoms with Crippen molar-refractivity contribution in [2.24, 2.45) is 0 Å². The molecule has 0 saturated carbocycles. The highest BCUT2D eigenvalue weighted by atomic mass is 79.9. The fourth-order valence-electron chi connectivity index (χ4n) is 2.42. The molecule has 0 atom stereocenters. The molecule has 1 aromatic rings. The van der Waals surface area contributed by atoms with Crippen LogP contribution in [-0.4, -0.2) is 47.9 Å². The topological polar surface area (TPSA) is 6.48 Å². The first-order valence-corrected chi connectivity index (χ1v) is 8.13. The molecule has 0 amide bonds. The van der Waals surface area contributed by atoms with Crippen molar-refractivity contribution in [1.82, 2.24) is 9.80 Å². The normalized spacial score (nSPS) is 18.5. The van der Waals surface area contributed by atoms with Crippen molar-refractivity contribution in [3.63, 3.8) is 0 Å². The van der Waals surface area contributed by atoms with Gasteiger partial charge in [-0.05, 0) is 37.2 Å². The molecule has 0 radical (unpaired) electrons. The van der Waals surface area contributed by atoms with E-state index in [1.54, 1.807) is 6.07 Å². The van der Waals surface area contributed by atoms with Crippen LogP contribution >= 0.6 is 27.5 Å². The largest absolute Gasteiger partial charge is 0.301 e. The van der Waals surface area contributed by atoms with Gasteiger partial charge in [0.25, 0.3) is 0 Å². The van der Waals surface area contributed by atoms with Crippen LogP contribution in [0.3, 0.4) is 0 Å². The zero-order valence-corrected chi connectivity index (χ0v) is 13.3. The lowest BCUT2D eigenvalue weighted by molar-refractivity contribution is 0.258. The second kappa shape index (κ2) is 7.58. The third-order valence-corrected chi connectivity index (χ3v) is 4.20. The van der Waals surface area contributed by atoms with Gasteiger partial charge in [0.15, 0.2) is 0 Å². The van der Waals surface area contributed by atoms with Crippen molar-refractivity contribution in [3.05, 3.63) is 34.6 Å². The van der Waals surface area contributed by atoms with Gasteiger partial charge in [-0.3, -0.25) is 4.90 Å². The number of nitrogens with zero attached hydrogens (tertiary/aromatic N) is 2. The number of alkyl halides is 1. The van der Waals surface area contributed by atoms with Gasteiger partial charge in [0.2, 0.25) is 0 Å². The molecule has 1 aromatic carbocycles. The van der Waals surface area contributed by atoms with E-state index in [1.165, 1.54) is 18.6 Å². The molecule has 5 heteroatoms. The van der Waals surface area contributed by atoms with Crippen molar-refractivity contribution in [2.45, 2.75) is 13.0 Å². The summed E-state index contributed by atoms with van der Waals surface area (Å²) in [5.41, 5.74) is 1.01. The summed E-state index contributed by atoms with van der Waals surface area (Å²) in [6.45, 7) is 6.27. The number of halogens is 3. The van der Waals surface area contributed by atoms with Crippen LogP contribution in [0.25, 0.3) is 0 Å². The van der Waals surface area contributed by atoms with Gasteiger partial charge < -0.3 is 4.90 Å². The van der Waals surface area contributed by atoms with Gasteiger partial charge in [0, 0.05) is 36.5 Å². The fourth-order valence-corrected chi connectivity index (χ4v) is 3.14. The molecule has 0 unspecified atom stereocenters. The van der Waals surface area contributed by atoms with Gasteiger partial charge in [0.1, 0.15) is 5.82 Å². The predicted molar refractivity (Wildman–Crippen MR) is 81.5 cm³/mol. The number of benzene rings is 1. The van der Waals surface area contributed by atoms with E-state index < -0.39 is 0 Å². The molecule has 1 aliphatic rings. The summed E-state index contributed by atoms with van der Waals surface area (Å²) in [7, 11) is 0. The maximum atomic E-state index is 13.0. The van der Waals surface area contributed by atoms with Crippen LogP contribution < -0.4 is 0 Å². The Labute approximate surface area is 127 Å². The van der Waals surface area contributed by atoms with Crippen LogP contribution in [0.5, 0.6) is 0 Å². The van der Waals surface area contributed by atoms with Crippen molar-refractivity contribution >= 4 is 27.5 Å². The zero-order valence-electron chi connectivity index (χ0n) is 10.9. The Morgan fingerprint density at radius 1 is 1.16 bits per heavy atom. The molecule has 0 spiro atoms. The van der Waals surface area contributed by atoms with Crippen molar-refractivity contribution in [3.8, 4) is 0 Å². The molecule has 19 heavy (non-hydrogen) atoms. The van der Waals surface area contributed by atoms with E-state index in [1.807, 2.05) is 0 Å². The van der Waals surface area contributed by atoms with Crippen molar-refractivity contribution < 1.29 is 4.39 Å². The van der Waals surface area contributed by atoms with E-state index in [9.17, 15) is 4.39 Å². The Bertz CT molecular complexity index is 416. The molecular weight excluding hydrogens is 331 g/mol. The zero-order chi connectivity index (χ0) is 13.7. The van der Waals surface area contributed by atoms with E-state index in [0.29, 0.717) is 5.02 Å². The SMILES string of the molecule is Fc1ccc(CN2CCCN(CCBr)CC2)c(Cl)c1. The van der Waals surface area contributed by atoms with Crippen LogP contribution in [0, 0.1) is 5.82 Å². The Morgan fingerprint density at radius 3 is 2.63 bits per heavy atom. The summed E-state index contributed by atoms with van der Waals surface area (Å²) >= 11 is 9.57. The maximum Gasteiger partial charge on any atom is 0.124 e. The highest BCUT2D eigenvalue weighted by Gasteiger charge is 2.15. The second-order valence-corrected chi connectivity index (χ2v) is 6.10.